The molecule has 3 rings (SSSR count). The standard InChI is InChI=1S/C16H12FN3O/c1-11-8-12(15-18-6-3-7-19-15)10-20(16(11)21)14-5-2-4-13(17)9-14/h2-10H,1H3. The molecular weight excluding hydrogens is 269 g/mol. The van der Waals surface area contributed by atoms with Gasteiger partial charge < -0.3 is 0 Å². The topological polar surface area (TPSA) is 47.8 Å². The Labute approximate surface area is 120 Å². The second kappa shape index (κ2) is 5.28. The number of aromatic nitrogens is 3. The maximum Gasteiger partial charge on any atom is 0.258 e. The molecule has 2 heterocycles. The first kappa shape index (κ1) is 13.2. The molecule has 0 spiro atoms. The first-order valence-corrected chi connectivity index (χ1v) is 6.42. The Kier molecular flexibility index (Phi) is 3.31. The lowest BCUT2D eigenvalue weighted by Gasteiger charge is -2.09. The fourth-order valence-electron chi connectivity index (χ4n) is 2.11. The highest BCUT2D eigenvalue weighted by molar-refractivity contribution is 5.55. The summed E-state index contributed by atoms with van der Waals surface area (Å²) in [6, 6.07) is 9.35. The molecule has 0 N–H and O–H groups in total. The molecule has 0 saturated heterocycles. The number of aryl methyl sites for hydroxylation is 1. The van der Waals surface area contributed by atoms with Crippen molar-refractivity contribution in [3.8, 4) is 17.1 Å². The second-order valence-electron chi connectivity index (χ2n) is 4.64. The van der Waals surface area contributed by atoms with Gasteiger partial charge in [-0.3, -0.25) is 9.36 Å². The van der Waals surface area contributed by atoms with Gasteiger partial charge in [0.1, 0.15) is 5.82 Å². The van der Waals surface area contributed by atoms with Crippen LogP contribution in [0.3, 0.4) is 0 Å². The monoisotopic (exact) mass is 281 g/mol. The summed E-state index contributed by atoms with van der Waals surface area (Å²) in [4.78, 5) is 20.6. The minimum atomic E-state index is -0.390. The Morgan fingerprint density at radius 3 is 2.57 bits per heavy atom. The average molecular weight is 281 g/mol. The van der Waals surface area contributed by atoms with Gasteiger partial charge in [0.25, 0.3) is 5.56 Å². The molecule has 104 valence electrons. The number of hydrogen-bond acceptors (Lipinski definition) is 3. The highest BCUT2D eigenvalue weighted by Crippen LogP contribution is 2.16. The van der Waals surface area contributed by atoms with Gasteiger partial charge in [-0.25, -0.2) is 14.4 Å². The predicted molar refractivity (Wildman–Crippen MR) is 77.8 cm³/mol. The van der Waals surface area contributed by atoms with Crippen molar-refractivity contribution < 1.29 is 4.39 Å². The van der Waals surface area contributed by atoms with Crippen LogP contribution in [0.2, 0.25) is 0 Å². The van der Waals surface area contributed by atoms with Crippen molar-refractivity contribution in [2.75, 3.05) is 0 Å². The molecule has 21 heavy (non-hydrogen) atoms. The highest BCUT2D eigenvalue weighted by Gasteiger charge is 2.09. The largest absolute Gasteiger partial charge is 0.283 e. The lowest BCUT2D eigenvalue weighted by atomic mass is 10.2. The predicted octanol–water partition coefficient (Wildman–Crippen LogP) is 2.74. The minimum Gasteiger partial charge on any atom is -0.283 e. The van der Waals surface area contributed by atoms with E-state index in [9.17, 15) is 9.18 Å². The molecule has 2 aromatic heterocycles. The number of hydrogen-bond donors (Lipinski definition) is 0. The molecule has 3 aromatic rings. The van der Waals surface area contributed by atoms with Crippen LogP contribution in [-0.2, 0) is 0 Å². The molecule has 0 aliphatic heterocycles. The lowest BCUT2D eigenvalue weighted by Crippen LogP contribution is -2.20. The Morgan fingerprint density at radius 1 is 1.10 bits per heavy atom. The van der Waals surface area contributed by atoms with E-state index in [0.717, 1.165) is 0 Å². The molecule has 0 aliphatic rings. The van der Waals surface area contributed by atoms with Gasteiger partial charge >= 0.3 is 0 Å². The lowest BCUT2D eigenvalue weighted by molar-refractivity contribution is 0.626. The minimum absolute atomic E-state index is 0.194. The van der Waals surface area contributed by atoms with Gasteiger partial charge in [0, 0.05) is 29.7 Å². The van der Waals surface area contributed by atoms with E-state index >= 15 is 0 Å². The normalized spacial score (nSPS) is 10.6. The van der Waals surface area contributed by atoms with Gasteiger partial charge in [-0.15, -0.1) is 0 Å². The van der Waals surface area contributed by atoms with E-state index < -0.39 is 5.82 Å². The Hall–Kier alpha value is -2.82. The van der Waals surface area contributed by atoms with E-state index in [1.807, 2.05) is 0 Å². The third-order valence-corrected chi connectivity index (χ3v) is 3.11. The zero-order chi connectivity index (χ0) is 14.8. The number of halogens is 1. The van der Waals surface area contributed by atoms with E-state index in [1.165, 1.54) is 16.7 Å². The van der Waals surface area contributed by atoms with Crippen LogP contribution in [0.15, 0.2) is 59.8 Å². The SMILES string of the molecule is Cc1cc(-c2ncccn2)cn(-c2cccc(F)c2)c1=O. The molecule has 0 fully saturated rings. The molecule has 0 amide bonds. The van der Waals surface area contributed by atoms with Crippen molar-refractivity contribution in [2.24, 2.45) is 0 Å². The quantitative estimate of drug-likeness (QED) is 0.725. The zero-order valence-electron chi connectivity index (χ0n) is 11.3. The molecule has 4 nitrogen and oxygen atoms in total. The Bertz CT molecular complexity index is 844. The van der Waals surface area contributed by atoms with Crippen LogP contribution in [0.25, 0.3) is 17.1 Å². The summed E-state index contributed by atoms with van der Waals surface area (Å²) in [6.45, 7) is 1.71. The van der Waals surface area contributed by atoms with Crippen LogP contribution in [0.4, 0.5) is 4.39 Å². The van der Waals surface area contributed by atoms with Crippen LogP contribution >= 0.6 is 0 Å². The fourth-order valence-corrected chi connectivity index (χ4v) is 2.11. The third kappa shape index (κ3) is 2.58. The van der Waals surface area contributed by atoms with E-state index in [-0.39, 0.29) is 5.56 Å². The summed E-state index contributed by atoms with van der Waals surface area (Å²) in [5, 5.41) is 0. The molecule has 0 radical (unpaired) electrons. The summed E-state index contributed by atoms with van der Waals surface area (Å²) in [5.74, 6) is 0.129. The van der Waals surface area contributed by atoms with Gasteiger partial charge in [-0.2, -0.15) is 0 Å². The van der Waals surface area contributed by atoms with Crippen LogP contribution in [0.5, 0.6) is 0 Å². The second-order valence-corrected chi connectivity index (χ2v) is 4.64. The summed E-state index contributed by atoms with van der Waals surface area (Å²) < 4.78 is 14.8. The fraction of sp³-hybridized carbons (Fsp3) is 0.0625. The molecule has 0 bridgehead atoms. The van der Waals surface area contributed by atoms with Crippen molar-refractivity contribution in [1.29, 1.82) is 0 Å². The smallest absolute Gasteiger partial charge is 0.258 e. The Balaban J connectivity index is 2.22. The highest BCUT2D eigenvalue weighted by atomic mass is 19.1. The molecule has 0 aliphatic carbocycles. The molecule has 0 unspecified atom stereocenters. The molecule has 0 atom stereocenters. The summed E-state index contributed by atoms with van der Waals surface area (Å²) in [5.41, 5.74) is 1.53. The van der Waals surface area contributed by atoms with Crippen molar-refractivity contribution in [3.05, 3.63) is 76.7 Å². The van der Waals surface area contributed by atoms with Gasteiger partial charge in [-0.1, -0.05) is 6.07 Å². The van der Waals surface area contributed by atoms with E-state index in [1.54, 1.807) is 49.8 Å². The molecule has 5 heteroatoms. The van der Waals surface area contributed by atoms with Crippen LogP contribution in [0.1, 0.15) is 5.56 Å². The summed E-state index contributed by atoms with van der Waals surface area (Å²) >= 11 is 0. The van der Waals surface area contributed by atoms with Gasteiger partial charge in [-0.05, 0) is 37.3 Å². The summed E-state index contributed by atoms with van der Waals surface area (Å²) in [7, 11) is 0. The zero-order valence-corrected chi connectivity index (χ0v) is 11.3. The maximum absolute atomic E-state index is 13.4. The van der Waals surface area contributed by atoms with E-state index in [2.05, 4.69) is 9.97 Å². The molecule has 0 saturated carbocycles. The molecular formula is C16H12FN3O. The number of pyridine rings is 1. The maximum atomic E-state index is 13.4. The number of rotatable bonds is 2. The van der Waals surface area contributed by atoms with Crippen molar-refractivity contribution >= 4 is 0 Å². The average Bonchev–Trinajstić information content (AvgIpc) is 2.51. The van der Waals surface area contributed by atoms with E-state index in [0.29, 0.717) is 22.6 Å². The number of nitrogens with zero attached hydrogens (tertiary/aromatic N) is 3. The first-order chi connectivity index (χ1) is 10.1. The van der Waals surface area contributed by atoms with Crippen molar-refractivity contribution in [2.45, 2.75) is 6.92 Å². The first-order valence-electron chi connectivity index (χ1n) is 6.42. The molecule has 1 aromatic carbocycles. The Morgan fingerprint density at radius 2 is 1.86 bits per heavy atom. The van der Waals surface area contributed by atoms with Crippen LogP contribution < -0.4 is 5.56 Å². The van der Waals surface area contributed by atoms with Gasteiger partial charge in [0.2, 0.25) is 0 Å². The third-order valence-electron chi connectivity index (χ3n) is 3.11. The van der Waals surface area contributed by atoms with Gasteiger partial charge in [0.05, 0.1) is 5.69 Å². The van der Waals surface area contributed by atoms with Crippen LogP contribution in [-0.4, -0.2) is 14.5 Å². The number of benzene rings is 1. The van der Waals surface area contributed by atoms with E-state index in [4.69, 9.17) is 0 Å². The van der Waals surface area contributed by atoms with Crippen LogP contribution in [0, 0.1) is 12.7 Å². The van der Waals surface area contributed by atoms with Crippen molar-refractivity contribution in [3.63, 3.8) is 0 Å². The van der Waals surface area contributed by atoms with Gasteiger partial charge in [0.15, 0.2) is 5.82 Å². The summed E-state index contributed by atoms with van der Waals surface area (Å²) in [6.07, 6.45) is 4.89. The van der Waals surface area contributed by atoms with Crippen molar-refractivity contribution in [1.82, 2.24) is 14.5 Å².